The van der Waals surface area contributed by atoms with E-state index in [1.165, 1.54) is 16.8 Å². The minimum Gasteiger partial charge on any atom is -0.348 e. The topological polar surface area (TPSA) is 46.9 Å². The standard InChI is InChI=1S/C15H14BrClFN3O/c1-9-12(15(17)21(2)20-9)4-6-14(22)19-8-10-7-11(16)3-5-13(10)18/h3-7H,8H2,1-2H3,(H,19,22)/b6-4+. The van der Waals surface area contributed by atoms with Crippen LogP contribution < -0.4 is 5.32 Å². The number of nitrogens with one attached hydrogen (secondary N) is 1. The van der Waals surface area contributed by atoms with E-state index in [9.17, 15) is 9.18 Å². The lowest BCUT2D eigenvalue weighted by Gasteiger charge is -2.04. The molecule has 7 heteroatoms. The summed E-state index contributed by atoms with van der Waals surface area (Å²) in [6.07, 6.45) is 2.95. The fraction of sp³-hybridized carbons (Fsp3) is 0.200. The smallest absolute Gasteiger partial charge is 0.244 e. The summed E-state index contributed by atoms with van der Waals surface area (Å²) in [4.78, 5) is 11.8. The van der Waals surface area contributed by atoms with Gasteiger partial charge in [-0.25, -0.2) is 4.39 Å². The average molecular weight is 387 g/mol. The van der Waals surface area contributed by atoms with Crippen molar-refractivity contribution >= 4 is 39.5 Å². The predicted octanol–water partition coefficient (Wildman–Crippen LogP) is 3.61. The van der Waals surface area contributed by atoms with Gasteiger partial charge in [0.2, 0.25) is 5.91 Å². The maximum Gasteiger partial charge on any atom is 0.244 e. The molecule has 1 aromatic carbocycles. The molecule has 0 aliphatic heterocycles. The van der Waals surface area contributed by atoms with Gasteiger partial charge in [-0.1, -0.05) is 27.5 Å². The van der Waals surface area contributed by atoms with Crippen molar-refractivity contribution in [3.8, 4) is 0 Å². The zero-order valence-electron chi connectivity index (χ0n) is 12.0. The number of benzene rings is 1. The number of hydrogen-bond donors (Lipinski definition) is 1. The number of hydrogen-bond acceptors (Lipinski definition) is 2. The van der Waals surface area contributed by atoms with Gasteiger partial charge < -0.3 is 5.32 Å². The lowest BCUT2D eigenvalue weighted by atomic mass is 10.2. The molecule has 4 nitrogen and oxygen atoms in total. The first-order chi connectivity index (χ1) is 10.4. The number of rotatable bonds is 4. The van der Waals surface area contributed by atoms with Crippen molar-refractivity contribution in [2.24, 2.45) is 7.05 Å². The molecule has 0 fully saturated rings. The van der Waals surface area contributed by atoms with Gasteiger partial charge in [-0.15, -0.1) is 0 Å². The van der Waals surface area contributed by atoms with E-state index in [-0.39, 0.29) is 18.3 Å². The lowest BCUT2D eigenvalue weighted by Crippen LogP contribution is -2.20. The Morgan fingerprint density at radius 2 is 2.27 bits per heavy atom. The van der Waals surface area contributed by atoms with Crippen molar-refractivity contribution in [3.05, 3.63) is 56.5 Å². The van der Waals surface area contributed by atoms with E-state index >= 15 is 0 Å². The summed E-state index contributed by atoms with van der Waals surface area (Å²) in [5.74, 6) is -0.697. The fourth-order valence-electron chi connectivity index (χ4n) is 1.91. The molecule has 1 heterocycles. The zero-order valence-corrected chi connectivity index (χ0v) is 14.4. The van der Waals surface area contributed by atoms with E-state index in [4.69, 9.17) is 11.6 Å². The summed E-state index contributed by atoms with van der Waals surface area (Å²) in [7, 11) is 1.72. The molecule has 1 N–H and O–H groups in total. The molecule has 0 unspecified atom stereocenters. The molecule has 1 aromatic heterocycles. The van der Waals surface area contributed by atoms with Gasteiger partial charge in [-0.05, 0) is 31.2 Å². The molecular formula is C15H14BrClFN3O. The normalized spacial score (nSPS) is 11.1. The molecule has 0 spiro atoms. The minimum absolute atomic E-state index is 0.105. The highest BCUT2D eigenvalue weighted by molar-refractivity contribution is 9.10. The Morgan fingerprint density at radius 3 is 2.91 bits per heavy atom. The second-order valence-electron chi connectivity index (χ2n) is 4.70. The van der Waals surface area contributed by atoms with Crippen LogP contribution in [0.5, 0.6) is 0 Å². The molecular weight excluding hydrogens is 373 g/mol. The second-order valence-corrected chi connectivity index (χ2v) is 5.97. The number of aromatic nitrogens is 2. The van der Waals surface area contributed by atoms with E-state index < -0.39 is 0 Å². The first-order valence-electron chi connectivity index (χ1n) is 6.47. The number of amides is 1. The highest BCUT2D eigenvalue weighted by atomic mass is 79.9. The Morgan fingerprint density at radius 1 is 1.55 bits per heavy atom. The van der Waals surface area contributed by atoms with E-state index in [0.29, 0.717) is 16.3 Å². The van der Waals surface area contributed by atoms with Crippen LogP contribution in [-0.4, -0.2) is 15.7 Å². The largest absolute Gasteiger partial charge is 0.348 e. The zero-order chi connectivity index (χ0) is 16.3. The quantitative estimate of drug-likeness (QED) is 0.816. The van der Waals surface area contributed by atoms with Crippen LogP contribution in [0.25, 0.3) is 6.08 Å². The van der Waals surface area contributed by atoms with Crippen molar-refractivity contribution in [1.82, 2.24) is 15.1 Å². The first-order valence-corrected chi connectivity index (χ1v) is 7.64. The van der Waals surface area contributed by atoms with E-state index in [0.717, 1.165) is 10.2 Å². The Hall–Kier alpha value is -1.66. The number of aryl methyl sites for hydroxylation is 2. The van der Waals surface area contributed by atoms with Gasteiger partial charge in [0.15, 0.2) is 0 Å². The van der Waals surface area contributed by atoms with Gasteiger partial charge >= 0.3 is 0 Å². The van der Waals surface area contributed by atoms with Gasteiger partial charge in [0.1, 0.15) is 11.0 Å². The maximum absolute atomic E-state index is 13.6. The van der Waals surface area contributed by atoms with Gasteiger partial charge in [-0.2, -0.15) is 5.10 Å². The summed E-state index contributed by atoms with van der Waals surface area (Å²) in [5.41, 5.74) is 1.83. The Bertz CT molecular complexity index is 743. The highest BCUT2D eigenvalue weighted by Crippen LogP contribution is 2.20. The third-order valence-electron chi connectivity index (χ3n) is 3.06. The Labute approximate surface area is 141 Å². The first kappa shape index (κ1) is 16.7. The summed E-state index contributed by atoms with van der Waals surface area (Å²) in [5, 5.41) is 7.23. The van der Waals surface area contributed by atoms with Crippen LogP contribution in [0.15, 0.2) is 28.7 Å². The van der Waals surface area contributed by atoms with E-state index in [1.807, 2.05) is 0 Å². The van der Waals surface area contributed by atoms with Crippen LogP contribution >= 0.6 is 27.5 Å². The van der Waals surface area contributed by atoms with Gasteiger partial charge in [0, 0.05) is 35.3 Å². The summed E-state index contributed by atoms with van der Waals surface area (Å²) in [6.45, 7) is 1.91. The molecule has 1 amide bonds. The maximum atomic E-state index is 13.6. The molecule has 0 saturated carbocycles. The van der Waals surface area contributed by atoms with Gasteiger partial charge in [0.05, 0.1) is 5.69 Å². The number of carbonyl (C=O) groups is 1. The van der Waals surface area contributed by atoms with Crippen LogP contribution in [0, 0.1) is 12.7 Å². The summed E-state index contributed by atoms with van der Waals surface area (Å²) < 4.78 is 15.8. The predicted molar refractivity (Wildman–Crippen MR) is 87.9 cm³/mol. The van der Waals surface area contributed by atoms with Crippen LogP contribution in [0.2, 0.25) is 5.15 Å². The molecule has 0 bridgehead atoms. The van der Waals surface area contributed by atoms with Crippen LogP contribution in [-0.2, 0) is 18.4 Å². The molecule has 0 aliphatic rings. The molecule has 0 atom stereocenters. The van der Waals surface area contributed by atoms with E-state index in [2.05, 4.69) is 26.3 Å². The summed E-state index contributed by atoms with van der Waals surface area (Å²) >= 11 is 9.34. The lowest BCUT2D eigenvalue weighted by molar-refractivity contribution is -0.116. The van der Waals surface area contributed by atoms with Crippen molar-refractivity contribution < 1.29 is 9.18 Å². The molecule has 116 valence electrons. The van der Waals surface area contributed by atoms with Crippen molar-refractivity contribution in [1.29, 1.82) is 0 Å². The minimum atomic E-state index is -0.362. The fourth-order valence-corrected chi connectivity index (χ4v) is 2.56. The number of carbonyl (C=O) groups excluding carboxylic acids is 1. The van der Waals surface area contributed by atoms with Crippen molar-refractivity contribution in [3.63, 3.8) is 0 Å². The molecule has 22 heavy (non-hydrogen) atoms. The van der Waals surface area contributed by atoms with Crippen molar-refractivity contribution in [2.75, 3.05) is 0 Å². The third kappa shape index (κ3) is 3.96. The average Bonchev–Trinajstić information content (AvgIpc) is 2.71. The van der Waals surface area contributed by atoms with Gasteiger partial charge in [-0.3, -0.25) is 9.48 Å². The van der Waals surface area contributed by atoms with Crippen LogP contribution in [0.1, 0.15) is 16.8 Å². The molecule has 2 aromatic rings. The van der Waals surface area contributed by atoms with Crippen LogP contribution in [0.3, 0.4) is 0 Å². The Balaban J connectivity index is 2.01. The Kier molecular flexibility index (Phi) is 5.37. The molecule has 2 rings (SSSR count). The summed E-state index contributed by atoms with van der Waals surface area (Å²) in [6, 6.07) is 4.58. The molecule has 0 radical (unpaired) electrons. The van der Waals surface area contributed by atoms with Crippen LogP contribution in [0.4, 0.5) is 4.39 Å². The van der Waals surface area contributed by atoms with E-state index in [1.54, 1.807) is 32.2 Å². The van der Waals surface area contributed by atoms with Gasteiger partial charge in [0.25, 0.3) is 0 Å². The number of nitrogens with zero attached hydrogens (tertiary/aromatic N) is 2. The SMILES string of the molecule is Cc1nn(C)c(Cl)c1/C=C/C(=O)NCc1cc(Br)ccc1F. The monoisotopic (exact) mass is 385 g/mol. The molecule has 0 saturated heterocycles. The third-order valence-corrected chi connectivity index (χ3v) is 4.00. The molecule has 0 aliphatic carbocycles. The number of halogens is 3. The highest BCUT2D eigenvalue weighted by Gasteiger charge is 2.09. The second kappa shape index (κ2) is 7.07. The van der Waals surface area contributed by atoms with Crippen molar-refractivity contribution in [2.45, 2.75) is 13.5 Å².